The average Bonchev–Trinajstić information content (AvgIpc) is 3.01. The third kappa shape index (κ3) is 9.40. The number of carbonyl (C=O) groups excluding carboxylic acids is 3. The van der Waals surface area contributed by atoms with Crippen LogP contribution in [0.1, 0.15) is 33.5 Å². The fourth-order valence-electron chi connectivity index (χ4n) is 3.79. The highest BCUT2D eigenvalue weighted by Gasteiger charge is 2.18. The number of esters is 1. The van der Waals surface area contributed by atoms with Gasteiger partial charge in [0, 0.05) is 12.1 Å². The second-order valence-electron chi connectivity index (χ2n) is 9.45. The largest absolute Gasteiger partial charge is 0.461 e. The van der Waals surface area contributed by atoms with E-state index in [4.69, 9.17) is 8.92 Å². The van der Waals surface area contributed by atoms with E-state index in [0.29, 0.717) is 11.1 Å². The summed E-state index contributed by atoms with van der Waals surface area (Å²) >= 11 is 0. The van der Waals surface area contributed by atoms with E-state index in [1.807, 2.05) is 37.3 Å². The van der Waals surface area contributed by atoms with Crippen molar-refractivity contribution < 1.29 is 31.7 Å². The molecule has 0 bridgehead atoms. The van der Waals surface area contributed by atoms with E-state index in [0.717, 1.165) is 11.1 Å². The molecule has 43 heavy (non-hydrogen) atoms. The van der Waals surface area contributed by atoms with Crippen LogP contribution in [0.25, 0.3) is 6.08 Å². The quantitative estimate of drug-likeness (QED) is 0.136. The number of ether oxygens (including phenoxy) is 1. The maximum absolute atomic E-state index is 13.1. The van der Waals surface area contributed by atoms with Crippen molar-refractivity contribution in [1.82, 2.24) is 10.6 Å². The first-order chi connectivity index (χ1) is 20.7. The SMILES string of the molecule is Cc1ccc(S(=O)(=O)Oc2ccc(C=C(NC(=O)c3ccccc3)C(=O)NCCC(=O)OCc3ccccc3)cc2)cc1. The van der Waals surface area contributed by atoms with Gasteiger partial charge in [0.15, 0.2) is 0 Å². The first-order valence-corrected chi connectivity index (χ1v) is 14.8. The van der Waals surface area contributed by atoms with Gasteiger partial charge in [0.05, 0.1) is 6.42 Å². The Morgan fingerprint density at radius 1 is 0.791 bits per heavy atom. The van der Waals surface area contributed by atoms with Crippen LogP contribution in [0, 0.1) is 6.92 Å². The number of carbonyl (C=O) groups is 3. The maximum Gasteiger partial charge on any atom is 0.339 e. The minimum Gasteiger partial charge on any atom is -0.461 e. The van der Waals surface area contributed by atoms with Crippen molar-refractivity contribution in [1.29, 1.82) is 0 Å². The summed E-state index contributed by atoms with van der Waals surface area (Å²) in [5.74, 6) is -1.54. The molecule has 0 atom stereocenters. The van der Waals surface area contributed by atoms with E-state index in [2.05, 4.69) is 10.6 Å². The smallest absolute Gasteiger partial charge is 0.339 e. The van der Waals surface area contributed by atoms with E-state index in [9.17, 15) is 22.8 Å². The molecule has 0 saturated heterocycles. The highest BCUT2D eigenvalue weighted by atomic mass is 32.2. The Bertz CT molecular complexity index is 1690. The Morgan fingerprint density at radius 3 is 2.07 bits per heavy atom. The van der Waals surface area contributed by atoms with Gasteiger partial charge in [0.2, 0.25) is 0 Å². The number of aryl methyl sites for hydroxylation is 1. The molecule has 0 aliphatic rings. The van der Waals surface area contributed by atoms with Gasteiger partial charge in [-0.05, 0) is 60.5 Å². The number of hydrogen-bond donors (Lipinski definition) is 2. The molecule has 2 N–H and O–H groups in total. The van der Waals surface area contributed by atoms with Crippen LogP contribution in [0.5, 0.6) is 5.75 Å². The van der Waals surface area contributed by atoms with Crippen LogP contribution in [0.2, 0.25) is 0 Å². The molecule has 0 radical (unpaired) electrons. The van der Waals surface area contributed by atoms with E-state index in [-0.39, 0.29) is 35.9 Å². The molecule has 0 aromatic heterocycles. The number of hydrogen-bond acceptors (Lipinski definition) is 7. The monoisotopic (exact) mass is 598 g/mol. The number of amides is 2. The Hall–Kier alpha value is -5.22. The zero-order valence-corrected chi connectivity index (χ0v) is 24.2. The van der Waals surface area contributed by atoms with Crippen LogP contribution in [-0.2, 0) is 31.1 Å². The molecule has 4 aromatic carbocycles. The van der Waals surface area contributed by atoms with Gasteiger partial charge in [-0.1, -0.05) is 78.4 Å². The fourth-order valence-corrected chi connectivity index (χ4v) is 4.72. The van der Waals surface area contributed by atoms with Crippen LogP contribution in [-0.4, -0.2) is 32.7 Å². The molecule has 4 aromatic rings. The lowest BCUT2D eigenvalue weighted by molar-refractivity contribution is -0.144. The lowest BCUT2D eigenvalue weighted by Gasteiger charge is -2.12. The third-order valence-corrected chi connectivity index (χ3v) is 7.35. The van der Waals surface area contributed by atoms with Crippen molar-refractivity contribution in [2.75, 3.05) is 6.54 Å². The molecule has 10 heteroatoms. The van der Waals surface area contributed by atoms with E-state index in [1.54, 1.807) is 54.6 Å². The lowest BCUT2D eigenvalue weighted by atomic mass is 10.1. The molecular formula is C33H30N2O7S. The minimum atomic E-state index is -4.04. The van der Waals surface area contributed by atoms with Gasteiger partial charge in [-0.3, -0.25) is 14.4 Å². The molecule has 2 amide bonds. The predicted molar refractivity (Wildman–Crippen MR) is 161 cm³/mol. The topological polar surface area (TPSA) is 128 Å². The van der Waals surface area contributed by atoms with E-state index < -0.39 is 27.9 Å². The van der Waals surface area contributed by atoms with E-state index in [1.165, 1.54) is 30.3 Å². The van der Waals surface area contributed by atoms with Crippen molar-refractivity contribution in [3.05, 3.63) is 137 Å². The molecule has 220 valence electrons. The Balaban J connectivity index is 1.43. The van der Waals surface area contributed by atoms with Crippen LogP contribution >= 0.6 is 0 Å². The summed E-state index contributed by atoms with van der Waals surface area (Å²) in [6, 6.07) is 29.8. The molecule has 0 saturated carbocycles. The Kier molecular flexibility index (Phi) is 10.4. The Labute approximate surface area is 250 Å². The van der Waals surface area contributed by atoms with Gasteiger partial charge in [-0.15, -0.1) is 0 Å². The average molecular weight is 599 g/mol. The molecular weight excluding hydrogens is 568 g/mol. The van der Waals surface area contributed by atoms with Gasteiger partial charge in [-0.2, -0.15) is 8.42 Å². The number of nitrogens with one attached hydrogen (secondary N) is 2. The van der Waals surface area contributed by atoms with E-state index >= 15 is 0 Å². The highest BCUT2D eigenvalue weighted by molar-refractivity contribution is 7.87. The molecule has 4 rings (SSSR count). The van der Waals surface area contributed by atoms with Gasteiger partial charge in [-0.25, -0.2) is 0 Å². The molecule has 9 nitrogen and oxygen atoms in total. The number of benzene rings is 4. The minimum absolute atomic E-state index is 0.0192. The van der Waals surface area contributed by atoms with Gasteiger partial charge < -0.3 is 19.6 Å². The van der Waals surface area contributed by atoms with Crippen molar-refractivity contribution in [3.8, 4) is 5.75 Å². The molecule has 0 unspecified atom stereocenters. The predicted octanol–water partition coefficient (Wildman–Crippen LogP) is 4.78. The van der Waals surface area contributed by atoms with Crippen LogP contribution in [0.15, 0.2) is 120 Å². The van der Waals surface area contributed by atoms with Gasteiger partial charge >= 0.3 is 16.1 Å². The first-order valence-electron chi connectivity index (χ1n) is 13.4. The third-order valence-electron chi connectivity index (χ3n) is 6.09. The zero-order chi connectivity index (χ0) is 30.7. The summed E-state index contributed by atoms with van der Waals surface area (Å²) in [5.41, 5.74) is 2.51. The lowest BCUT2D eigenvalue weighted by Crippen LogP contribution is -2.35. The van der Waals surface area contributed by atoms with Crippen molar-refractivity contribution in [2.24, 2.45) is 0 Å². The number of rotatable bonds is 12. The fraction of sp³-hybridized carbons (Fsp3) is 0.121. The zero-order valence-electron chi connectivity index (χ0n) is 23.4. The summed E-state index contributed by atoms with van der Waals surface area (Å²) in [6.45, 7) is 1.95. The molecule has 0 aliphatic carbocycles. The molecule has 0 spiro atoms. The summed E-state index contributed by atoms with van der Waals surface area (Å²) in [6.07, 6.45) is 1.36. The molecule has 0 aliphatic heterocycles. The van der Waals surface area contributed by atoms with Crippen LogP contribution < -0.4 is 14.8 Å². The van der Waals surface area contributed by atoms with Crippen molar-refractivity contribution >= 4 is 34.0 Å². The maximum atomic E-state index is 13.1. The van der Waals surface area contributed by atoms with Crippen LogP contribution in [0.4, 0.5) is 0 Å². The highest BCUT2D eigenvalue weighted by Crippen LogP contribution is 2.20. The van der Waals surface area contributed by atoms with Crippen molar-refractivity contribution in [2.45, 2.75) is 24.8 Å². The summed E-state index contributed by atoms with van der Waals surface area (Å²) in [5, 5.41) is 5.24. The van der Waals surface area contributed by atoms with Gasteiger partial charge in [0.1, 0.15) is 22.9 Å². The second-order valence-corrected chi connectivity index (χ2v) is 11.0. The van der Waals surface area contributed by atoms with Crippen molar-refractivity contribution in [3.63, 3.8) is 0 Å². The standard InChI is InChI=1S/C33H30N2O7S/c1-24-12-18-29(19-13-24)43(39,40)42-28-16-14-25(15-17-28)22-30(35-32(37)27-10-6-3-7-11-27)33(38)34-21-20-31(36)41-23-26-8-4-2-5-9-26/h2-19,22H,20-21,23H2,1H3,(H,34,38)(H,35,37). The normalized spacial score (nSPS) is 11.3. The molecule has 0 heterocycles. The summed E-state index contributed by atoms with van der Waals surface area (Å²) in [7, 11) is -4.04. The Morgan fingerprint density at radius 2 is 1.42 bits per heavy atom. The summed E-state index contributed by atoms with van der Waals surface area (Å²) in [4.78, 5) is 38.1. The second kappa shape index (κ2) is 14.6. The first kappa shape index (κ1) is 30.7. The van der Waals surface area contributed by atoms with Gasteiger partial charge in [0.25, 0.3) is 11.8 Å². The molecule has 0 fully saturated rings. The summed E-state index contributed by atoms with van der Waals surface area (Å²) < 4.78 is 35.7. The van der Waals surface area contributed by atoms with Crippen LogP contribution in [0.3, 0.4) is 0 Å².